The van der Waals surface area contributed by atoms with Gasteiger partial charge in [0, 0.05) is 16.6 Å². The van der Waals surface area contributed by atoms with Crippen molar-refractivity contribution in [3.63, 3.8) is 0 Å². The molecule has 0 fully saturated rings. The Balaban J connectivity index is 2.85. The predicted molar refractivity (Wildman–Crippen MR) is 69.9 cm³/mol. The van der Waals surface area contributed by atoms with Crippen molar-refractivity contribution in [1.82, 2.24) is 4.98 Å². The van der Waals surface area contributed by atoms with Crippen LogP contribution in [0.25, 0.3) is 10.8 Å². The van der Waals surface area contributed by atoms with Crippen LogP contribution in [0.5, 0.6) is 0 Å². The number of rotatable bonds is 0. The van der Waals surface area contributed by atoms with Crippen LogP contribution >= 0.6 is 11.6 Å². The molecule has 16 heavy (non-hydrogen) atoms. The van der Waals surface area contributed by atoms with E-state index >= 15 is 0 Å². The van der Waals surface area contributed by atoms with Crippen LogP contribution in [-0.4, -0.2) is 4.98 Å². The van der Waals surface area contributed by atoms with E-state index in [2.05, 4.69) is 25.8 Å². The van der Waals surface area contributed by atoms with E-state index in [4.69, 9.17) is 17.3 Å². The topological polar surface area (TPSA) is 38.9 Å². The van der Waals surface area contributed by atoms with Gasteiger partial charge in [0.05, 0.1) is 0 Å². The lowest BCUT2D eigenvalue weighted by atomic mass is 9.85. The average molecular weight is 235 g/mol. The lowest BCUT2D eigenvalue weighted by molar-refractivity contribution is 0.593. The van der Waals surface area contributed by atoms with Gasteiger partial charge >= 0.3 is 0 Å². The van der Waals surface area contributed by atoms with E-state index in [1.54, 1.807) is 0 Å². The molecule has 1 aromatic heterocycles. The molecule has 0 unspecified atom stereocenters. The van der Waals surface area contributed by atoms with E-state index < -0.39 is 0 Å². The normalized spacial score (nSPS) is 12.0. The van der Waals surface area contributed by atoms with Gasteiger partial charge < -0.3 is 5.73 Å². The zero-order chi connectivity index (χ0) is 11.9. The van der Waals surface area contributed by atoms with Crippen molar-refractivity contribution in [2.24, 2.45) is 0 Å². The highest BCUT2D eigenvalue weighted by Crippen LogP contribution is 2.32. The highest BCUT2D eigenvalue weighted by Gasteiger charge is 2.18. The van der Waals surface area contributed by atoms with Crippen LogP contribution in [0.3, 0.4) is 0 Å². The Kier molecular flexibility index (Phi) is 2.55. The SMILES string of the molecule is CC(C)(C)c1cnc(N)c2cc(Cl)ccc12. The van der Waals surface area contributed by atoms with Crippen LogP contribution < -0.4 is 5.73 Å². The number of nitrogen functional groups attached to an aromatic ring is 1. The number of hydrogen-bond acceptors (Lipinski definition) is 2. The van der Waals surface area contributed by atoms with E-state index in [0.29, 0.717) is 10.8 Å². The number of halogens is 1. The maximum absolute atomic E-state index is 5.97. The second kappa shape index (κ2) is 3.63. The van der Waals surface area contributed by atoms with Crippen LogP contribution in [0.1, 0.15) is 26.3 Å². The van der Waals surface area contributed by atoms with Gasteiger partial charge in [-0.2, -0.15) is 0 Å². The molecule has 0 aliphatic rings. The number of fused-ring (bicyclic) bond motifs is 1. The first-order chi connectivity index (χ1) is 7.39. The van der Waals surface area contributed by atoms with Crippen molar-refractivity contribution in [3.05, 3.63) is 35.0 Å². The summed E-state index contributed by atoms with van der Waals surface area (Å²) < 4.78 is 0. The number of pyridine rings is 1. The Bertz CT molecular complexity index is 541. The van der Waals surface area contributed by atoms with Crippen LogP contribution in [-0.2, 0) is 5.41 Å². The van der Waals surface area contributed by atoms with Crippen LogP contribution in [0.15, 0.2) is 24.4 Å². The largest absolute Gasteiger partial charge is 0.383 e. The third kappa shape index (κ3) is 1.85. The molecule has 2 N–H and O–H groups in total. The first kappa shape index (κ1) is 11.2. The zero-order valence-electron chi connectivity index (χ0n) is 9.71. The number of anilines is 1. The zero-order valence-corrected chi connectivity index (χ0v) is 10.5. The highest BCUT2D eigenvalue weighted by molar-refractivity contribution is 6.31. The van der Waals surface area contributed by atoms with Gasteiger partial charge in [0.15, 0.2) is 0 Å². The van der Waals surface area contributed by atoms with Gasteiger partial charge in [0.2, 0.25) is 0 Å². The highest BCUT2D eigenvalue weighted by atomic mass is 35.5. The monoisotopic (exact) mass is 234 g/mol. The molecule has 0 bridgehead atoms. The van der Waals surface area contributed by atoms with Gasteiger partial charge in [-0.3, -0.25) is 0 Å². The Labute approximate surface area is 100 Å². The van der Waals surface area contributed by atoms with Crippen molar-refractivity contribution >= 4 is 28.2 Å². The average Bonchev–Trinajstić information content (AvgIpc) is 2.17. The third-order valence-electron chi connectivity index (χ3n) is 2.69. The number of benzene rings is 1. The van der Waals surface area contributed by atoms with Crippen LogP contribution in [0, 0.1) is 0 Å². The van der Waals surface area contributed by atoms with Gasteiger partial charge in [-0.15, -0.1) is 0 Å². The number of hydrogen-bond donors (Lipinski definition) is 1. The summed E-state index contributed by atoms with van der Waals surface area (Å²) in [6.45, 7) is 6.48. The van der Waals surface area contributed by atoms with Gasteiger partial charge in [-0.25, -0.2) is 4.98 Å². The fourth-order valence-corrected chi connectivity index (χ4v) is 2.01. The van der Waals surface area contributed by atoms with Gasteiger partial charge in [0.25, 0.3) is 0 Å². The molecule has 2 rings (SSSR count). The molecular formula is C13H15ClN2. The fraction of sp³-hybridized carbons (Fsp3) is 0.308. The second-order valence-corrected chi connectivity index (χ2v) is 5.43. The molecule has 1 heterocycles. The quantitative estimate of drug-likeness (QED) is 0.754. The molecule has 2 aromatic rings. The molecule has 0 radical (unpaired) electrons. The van der Waals surface area contributed by atoms with E-state index in [-0.39, 0.29) is 5.41 Å². The van der Waals surface area contributed by atoms with Crippen LogP contribution in [0.4, 0.5) is 5.82 Å². The molecule has 1 aromatic carbocycles. The molecule has 2 nitrogen and oxygen atoms in total. The van der Waals surface area contributed by atoms with Crippen molar-refractivity contribution in [2.75, 3.05) is 5.73 Å². The fourth-order valence-electron chi connectivity index (χ4n) is 1.83. The van der Waals surface area contributed by atoms with Crippen molar-refractivity contribution in [3.8, 4) is 0 Å². The predicted octanol–water partition coefficient (Wildman–Crippen LogP) is 3.77. The number of nitrogens with zero attached hydrogens (tertiary/aromatic N) is 1. The molecule has 0 aliphatic carbocycles. The summed E-state index contributed by atoms with van der Waals surface area (Å²) in [5, 5.41) is 2.75. The molecule has 0 amide bonds. The molecule has 3 heteroatoms. The minimum Gasteiger partial charge on any atom is -0.383 e. The Morgan fingerprint density at radius 1 is 1.19 bits per heavy atom. The van der Waals surface area contributed by atoms with E-state index in [0.717, 1.165) is 10.8 Å². The summed E-state index contributed by atoms with van der Waals surface area (Å²) >= 11 is 5.97. The lowest BCUT2D eigenvalue weighted by Crippen LogP contribution is -2.12. The summed E-state index contributed by atoms with van der Waals surface area (Å²) in [5.41, 5.74) is 7.10. The minimum atomic E-state index is 0.0484. The number of nitrogens with two attached hydrogens (primary N) is 1. The summed E-state index contributed by atoms with van der Waals surface area (Å²) in [6.07, 6.45) is 1.85. The van der Waals surface area contributed by atoms with E-state index in [9.17, 15) is 0 Å². The third-order valence-corrected chi connectivity index (χ3v) is 2.92. The Morgan fingerprint density at radius 2 is 1.88 bits per heavy atom. The lowest BCUT2D eigenvalue weighted by Gasteiger charge is -2.21. The minimum absolute atomic E-state index is 0.0484. The van der Waals surface area contributed by atoms with Gasteiger partial charge in [0.1, 0.15) is 5.82 Å². The first-order valence-electron chi connectivity index (χ1n) is 5.24. The summed E-state index contributed by atoms with van der Waals surface area (Å²) in [4.78, 5) is 4.23. The molecule has 0 saturated heterocycles. The van der Waals surface area contributed by atoms with Crippen molar-refractivity contribution in [1.29, 1.82) is 0 Å². The van der Waals surface area contributed by atoms with Gasteiger partial charge in [-0.1, -0.05) is 38.4 Å². The molecular weight excluding hydrogens is 220 g/mol. The first-order valence-corrected chi connectivity index (χ1v) is 5.61. The van der Waals surface area contributed by atoms with E-state index in [1.165, 1.54) is 5.56 Å². The standard InChI is InChI=1S/C13H15ClN2/c1-13(2,3)11-7-16-12(15)10-6-8(14)4-5-9(10)11/h4-7H,1-3H3,(H2,15,16). The van der Waals surface area contributed by atoms with Crippen molar-refractivity contribution < 1.29 is 0 Å². The van der Waals surface area contributed by atoms with E-state index in [1.807, 2.05) is 24.4 Å². The maximum atomic E-state index is 5.97. The summed E-state index contributed by atoms with van der Waals surface area (Å²) in [7, 11) is 0. The molecule has 0 spiro atoms. The number of aromatic nitrogens is 1. The Morgan fingerprint density at radius 3 is 2.50 bits per heavy atom. The molecule has 0 saturated carbocycles. The smallest absolute Gasteiger partial charge is 0.131 e. The Hall–Kier alpha value is -1.28. The molecule has 0 atom stereocenters. The summed E-state index contributed by atoms with van der Waals surface area (Å²) in [5.74, 6) is 0.533. The molecule has 0 aliphatic heterocycles. The van der Waals surface area contributed by atoms with Crippen molar-refractivity contribution in [2.45, 2.75) is 26.2 Å². The van der Waals surface area contributed by atoms with Gasteiger partial charge in [-0.05, 0) is 28.5 Å². The maximum Gasteiger partial charge on any atom is 0.131 e. The second-order valence-electron chi connectivity index (χ2n) is 5.00. The van der Waals surface area contributed by atoms with Crippen LogP contribution in [0.2, 0.25) is 5.02 Å². The summed E-state index contributed by atoms with van der Waals surface area (Å²) in [6, 6.07) is 5.77. The molecule has 84 valence electrons.